The molecule has 0 amide bonds. The van der Waals surface area contributed by atoms with Gasteiger partial charge in [-0.3, -0.25) is 8.98 Å². The number of carbonyl (C=O) groups excluding carboxylic acids is 1. The maximum atomic E-state index is 13.5. The lowest BCUT2D eigenvalue weighted by atomic mass is 9.68. The van der Waals surface area contributed by atoms with E-state index in [1.54, 1.807) is 42.5 Å². The van der Waals surface area contributed by atoms with E-state index in [0.29, 0.717) is 29.5 Å². The van der Waals surface area contributed by atoms with Crippen molar-refractivity contribution in [1.82, 2.24) is 0 Å². The summed E-state index contributed by atoms with van der Waals surface area (Å²) >= 11 is 0. The first kappa shape index (κ1) is 24.1. The van der Waals surface area contributed by atoms with Crippen molar-refractivity contribution < 1.29 is 25.8 Å². The highest BCUT2D eigenvalue weighted by Crippen LogP contribution is 2.43. The van der Waals surface area contributed by atoms with Crippen LogP contribution in [-0.2, 0) is 29.6 Å². The molecule has 0 saturated carbocycles. The van der Waals surface area contributed by atoms with Crippen molar-refractivity contribution >= 4 is 25.7 Å². The van der Waals surface area contributed by atoms with E-state index in [4.69, 9.17) is 4.18 Å². The molecule has 1 unspecified atom stereocenters. The molecule has 0 bridgehead atoms. The summed E-state index contributed by atoms with van der Waals surface area (Å²) in [6, 6.07) is 14.7. The number of ketones is 1. The Bertz CT molecular complexity index is 1270. The smallest absolute Gasteiger partial charge is 0.264 e. The van der Waals surface area contributed by atoms with E-state index < -0.39 is 37.7 Å². The number of benzene rings is 2. The van der Waals surface area contributed by atoms with Crippen LogP contribution in [0.3, 0.4) is 0 Å². The van der Waals surface area contributed by atoms with Gasteiger partial charge in [-0.2, -0.15) is 8.42 Å². The molecule has 2 aromatic carbocycles. The fraction of sp³-hybridized carbons (Fsp3) is 0.292. The molecule has 0 aromatic heterocycles. The molecule has 2 aromatic rings. The van der Waals surface area contributed by atoms with Crippen molar-refractivity contribution in [2.45, 2.75) is 30.1 Å². The van der Waals surface area contributed by atoms with Crippen LogP contribution in [-0.4, -0.2) is 41.2 Å². The summed E-state index contributed by atoms with van der Waals surface area (Å²) < 4.78 is 56.0. The minimum Gasteiger partial charge on any atom is -0.289 e. The molecule has 1 aliphatic carbocycles. The maximum absolute atomic E-state index is 13.5. The molecule has 170 valence electrons. The van der Waals surface area contributed by atoms with Crippen LogP contribution in [0.5, 0.6) is 0 Å². The second-order valence-corrected chi connectivity index (χ2v) is 11.8. The van der Waals surface area contributed by atoms with Crippen molar-refractivity contribution in [3.63, 3.8) is 0 Å². The highest BCUT2D eigenvalue weighted by molar-refractivity contribution is 7.91. The van der Waals surface area contributed by atoms with Gasteiger partial charge in [-0.15, -0.1) is 6.58 Å². The van der Waals surface area contributed by atoms with Crippen LogP contribution in [0.4, 0.5) is 0 Å². The summed E-state index contributed by atoms with van der Waals surface area (Å²) in [4.78, 5) is 13.0. The number of allylic oxidation sites excluding steroid dienone is 2. The molecule has 0 fully saturated rings. The van der Waals surface area contributed by atoms with E-state index in [1.807, 2.05) is 6.92 Å². The van der Waals surface area contributed by atoms with Crippen molar-refractivity contribution in [3.8, 4) is 0 Å². The molecule has 0 aliphatic heterocycles. The average molecular weight is 475 g/mol. The van der Waals surface area contributed by atoms with E-state index >= 15 is 0 Å². The van der Waals surface area contributed by atoms with Gasteiger partial charge in [-0.1, -0.05) is 53.6 Å². The molecule has 1 aliphatic rings. The topological polar surface area (TPSA) is 94.6 Å². The second kappa shape index (κ2) is 9.13. The number of fused-ring (bicyclic) bond motifs is 1. The van der Waals surface area contributed by atoms with Crippen LogP contribution in [0.2, 0.25) is 0 Å². The van der Waals surface area contributed by atoms with Crippen molar-refractivity contribution in [1.29, 1.82) is 0 Å². The first-order valence-corrected chi connectivity index (χ1v) is 13.5. The van der Waals surface area contributed by atoms with Crippen LogP contribution in [0.25, 0.3) is 0 Å². The van der Waals surface area contributed by atoms with E-state index in [0.717, 1.165) is 11.8 Å². The fourth-order valence-electron chi connectivity index (χ4n) is 3.95. The van der Waals surface area contributed by atoms with E-state index in [9.17, 15) is 21.6 Å². The van der Waals surface area contributed by atoms with Gasteiger partial charge in [0, 0.05) is 5.56 Å². The highest BCUT2D eigenvalue weighted by atomic mass is 32.2. The van der Waals surface area contributed by atoms with Gasteiger partial charge in [0.2, 0.25) is 0 Å². The van der Waals surface area contributed by atoms with E-state index in [-0.39, 0.29) is 10.7 Å². The van der Waals surface area contributed by atoms with Crippen LogP contribution in [0.15, 0.2) is 83.3 Å². The van der Waals surface area contributed by atoms with Crippen LogP contribution in [0, 0.1) is 0 Å². The maximum Gasteiger partial charge on any atom is 0.264 e. The molecule has 0 spiro atoms. The molecule has 8 heteroatoms. The van der Waals surface area contributed by atoms with Gasteiger partial charge < -0.3 is 0 Å². The largest absolute Gasteiger partial charge is 0.289 e. The molecular weight excluding hydrogens is 448 g/mol. The van der Waals surface area contributed by atoms with Gasteiger partial charge in [-0.25, -0.2) is 8.42 Å². The fourth-order valence-corrected chi connectivity index (χ4v) is 6.17. The van der Waals surface area contributed by atoms with Crippen LogP contribution in [0.1, 0.15) is 35.7 Å². The monoisotopic (exact) mass is 474 g/mol. The Kier molecular flexibility index (Phi) is 6.88. The Balaban J connectivity index is 2.23. The van der Waals surface area contributed by atoms with Gasteiger partial charge in [-0.05, 0) is 43.5 Å². The number of hydrogen-bond donors (Lipinski definition) is 0. The van der Waals surface area contributed by atoms with Crippen molar-refractivity contribution in [3.05, 3.63) is 89.5 Å². The highest BCUT2D eigenvalue weighted by Gasteiger charge is 2.46. The Morgan fingerprint density at radius 3 is 2.25 bits per heavy atom. The standard InChI is InChI=1S/C24H26O6S2/c1-18(2)13-14-19-15-23(25)21-11-7-8-12-22(21)24(19,16-30-31(3,26)27)17-32(28,29)20-9-5-4-6-10-20/h4-12,15H,1,13-14,16-17H2,2-3H3. The molecule has 1 atom stereocenters. The zero-order chi connectivity index (χ0) is 23.6. The minimum absolute atomic E-state index is 0.118. The molecule has 0 N–H and O–H groups in total. The molecule has 32 heavy (non-hydrogen) atoms. The molecular formula is C24H26O6S2. The van der Waals surface area contributed by atoms with Gasteiger partial charge in [0.25, 0.3) is 10.1 Å². The average Bonchev–Trinajstić information content (AvgIpc) is 2.73. The van der Waals surface area contributed by atoms with Crippen molar-refractivity contribution in [2.75, 3.05) is 18.6 Å². The summed E-state index contributed by atoms with van der Waals surface area (Å²) in [6.07, 6.45) is 3.22. The minimum atomic E-state index is -3.88. The number of hydrogen-bond acceptors (Lipinski definition) is 6. The SMILES string of the molecule is C=C(C)CCC1=CC(=O)c2ccccc2C1(COS(C)(=O)=O)CS(=O)(=O)c1ccccc1. The van der Waals surface area contributed by atoms with E-state index in [1.165, 1.54) is 18.2 Å². The van der Waals surface area contributed by atoms with Crippen LogP contribution >= 0.6 is 0 Å². The molecule has 0 radical (unpaired) electrons. The quantitative estimate of drug-likeness (QED) is 0.405. The third-order valence-corrected chi connectivity index (χ3v) is 7.92. The zero-order valence-electron chi connectivity index (χ0n) is 18.1. The second-order valence-electron chi connectivity index (χ2n) is 8.16. The Morgan fingerprint density at radius 2 is 1.62 bits per heavy atom. The van der Waals surface area contributed by atoms with Gasteiger partial charge in [0.05, 0.1) is 28.9 Å². The third-order valence-electron chi connectivity index (χ3n) is 5.51. The lowest BCUT2D eigenvalue weighted by molar-refractivity contribution is 0.103. The number of carbonyl (C=O) groups is 1. The van der Waals surface area contributed by atoms with Gasteiger partial charge >= 0.3 is 0 Å². The summed E-state index contributed by atoms with van der Waals surface area (Å²) in [5.41, 5.74) is 0.824. The molecule has 0 heterocycles. The number of sulfone groups is 1. The molecule has 0 saturated heterocycles. The summed E-state index contributed by atoms with van der Waals surface area (Å²) in [6.45, 7) is 5.32. The zero-order valence-corrected chi connectivity index (χ0v) is 19.7. The lowest BCUT2D eigenvalue weighted by Crippen LogP contribution is -2.45. The Labute approximate surface area is 189 Å². The predicted molar refractivity (Wildman–Crippen MR) is 124 cm³/mol. The summed E-state index contributed by atoms with van der Waals surface area (Å²) in [7, 11) is -7.74. The Morgan fingerprint density at radius 1 is 1.00 bits per heavy atom. The first-order chi connectivity index (χ1) is 14.9. The predicted octanol–water partition coefficient (Wildman–Crippen LogP) is 3.85. The van der Waals surface area contributed by atoms with Gasteiger partial charge in [0.15, 0.2) is 15.6 Å². The molecule has 3 rings (SSSR count). The Hall–Kier alpha value is -2.55. The van der Waals surface area contributed by atoms with Crippen molar-refractivity contribution in [2.24, 2.45) is 0 Å². The number of rotatable bonds is 9. The lowest BCUT2D eigenvalue weighted by Gasteiger charge is -2.39. The summed E-state index contributed by atoms with van der Waals surface area (Å²) in [5.74, 6) is -0.685. The van der Waals surface area contributed by atoms with Gasteiger partial charge in [0.1, 0.15) is 0 Å². The molecule has 6 nitrogen and oxygen atoms in total. The summed E-state index contributed by atoms with van der Waals surface area (Å²) in [5, 5.41) is 0. The normalized spacial score (nSPS) is 18.7. The third kappa shape index (κ3) is 5.26. The van der Waals surface area contributed by atoms with Crippen LogP contribution < -0.4 is 0 Å². The van der Waals surface area contributed by atoms with E-state index in [2.05, 4.69) is 6.58 Å². The first-order valence-electron chi connectivity index (χ1n) is 10.1.